The van der Waals surface area contributed by atoms with E-state index >= 15 is 0 Å². The molecule has 2 N–H and O–H groups in total. The summed E-state index contributed by atoms with van der Waals surface area (Å²) in [7, 11) is 0. The van der Waals surface area contributed by atoms with Gasteiger partial charge in [0.2, 0.25) is 0 Å². The van der Waals surface area contributed by atoms with Gasteiger partial charge >= 0.3 is 0 Å². The molecule has 2 heteroatoms. The van der Waals surface area contributed by atoms with E-state index in [0.717, 1.165) is 12.0 Å². The van der Waals surface area contributed by atoms with E-state index in [-0.39, 0.29) is 16.9 Å². The van der Waals surface area contributed by atoms with Crippen LogP contribution in [0.25, 0.3) is 0 Å². The van der Waals surface area contributed by atoms with Gasteiger partial charge in [-0.25, -0.2) is 0 Å². The first-order valence-electron chi connectivity index (χ1n) is 4.65. The Morgan fingerprint density at radius 3 is 2.00 bits per heavy atom. The van der Waals surface area contributed by atoms with Gasteiger partial charge in [-0.05, 0) is 18.8 Å². The average Bonchev–Trinajstić information content (AvgIpc) is 1.95. The smallest absolute Gasteiger partial charge is 0.156 e. The molecule has 1 rings (SSSR count). The predicted octanol–water partition coefficient (Wildman–Crippen LogP) is 3.47. The lowest BCUT2D eigenvalue weighted by Crippen LogP contribution is -2.17. The number of aliphatic hydroxyl groups excluding tert-OH is 2. The Bertz CT molecular complexity index is 277. The molecule has 0 aromatic heterocycles. The highest BCUT2D eigenvalue weighted by Crippen LogP contribution is 2.38. The standard InChI is InChI=1S/C11H18O2/c1-7-5-6-8(12)10(13)9(7)11(2,3)4/h12-13H,5-6H2,1-4H3. The third-order valence-corrected chi connectivity index (χ3v) is 2.42. The molecule has 0 saturated heterocycles. The first kappa shape index (κ1) is 10.2. The summed E-state index contributed by atoms with van der Waals surface area (Å²) >= 11 is 0. The van der Waals surface area contributed by atoms with Gasteiger partial charge in [-0.1, -0.05) is 26.3 Å². The molecule has 0 heterocycles. The molecule has 1 aliphatic carbocycles. The van der Waals surface area contributed by atoms with Crippen molar-refractivity contribution in [1.29, 1.82) is 0 Å². The molecule has 0 aliphatic heterocycles. The second-order valence-electron chi connectivity index (χ2n) is 4.70. The SMILES string of the molecule is CC1=C(C(C)(C)C)C(O)=C(O)CC1. The van der Waals surface area contributed by atoms with Gasteiger partial charge in [-0.15, -0.1) is 0 Å². The van der Waals surface area contributed by atoms with Crippen molar-refractivity contribution in [2.75, 3.05) is 0 Å². The van der Waals surface area contributed by atoms with E-state index in [2.05, 4.69) is 0 Å². The Morgan fingerprint density at radius 1 is 1.08 bits per heavy atom. The Balaban J connectivity index is 3.19. The zero-order chi connectivity index (χ0) is 10.2. The highest BCUT2D eigenvalue weighted by Gasteiger charge is 2.27. The molecule has 0 saturated carbocycles. The lowest BCUT2D eigenvalue weighted by atomic mass is 9.78. The number of hydrogen-bond acceptors (Lipinski definition) is 2. The van der Waals surface area contributed by atoms with Crippen molar-refractivity contribution >= 4 is 0 Å². The van der Waals surface area contributed by atoms with Crippen LogP contribution in [0.4, 0.5) is 0 Å². The maximum absolute atomic E-state index is 9.72. The van der Waals surface area contributed by atoms with Gasteiger partial charge in [0.1, 0.15) is 5.76 Å². The second-order valence-corrected chi connectivity index (χ2v) is 4.70. The van der Waals surface area contributed by atoms with Crippen molar-refractivity contribution in [2.24, 2.45) is 5.41 Å². The molecule has 1 aliphatic rings. The van der Waals surface area contributed by atoms with E-state index in [0.29, 0.717) is 6.42 Å². The Hall–Kier alpha value is -0.920. The van der Waals surface area contributed by atoms with Gasteiger partial charge in [0.15, 0.2) is 5.76 Å². The molecule has 0 bridgehead atoms. The Morgan fingerprint density at radius 2 is 1.62 bits per heavy atom. The minimum absolute atomic E-state index is 0.0938. The fraction of sp³-hybridized carbons (Fsp3) is 0.636. The van der Waals surface area contributed by atoms with Crippen LogP contribution < -0.4 is 0 Å². The van der Waals surface area contributed by atoms with Crippen molar-refractivity contribution in [3.63, 3.8) is 0 Å². The van der Waals surface area contributed by atoms with Gasteiger partial charge in [-0.2, -0.15) is 0 Å². The summed E-state index contributed by atoms with van der Waals surface area (Å²) < 4.78 is 0. The second kappa shape index (κ2) is 3.09. The Kier molecular flexibility index (Phi) is 2.42. The van der Waals surface area contributed by atoms with E-state index in [4.69, 9.17) is 0 Å². The zero-order valence-corrected chi connectivity index (χ0v) is 8.81. The number of allylic oxidation sites excluding steroid dienone is 3. The van der Waals surface area contributed by atoms with Crippen molar-refractivity contribution < 1.29 is 10.2 Å². The quantitative estimate of drug-likeness (QED) is 0.602. The van der Waals surface area contributed by atoms with E-state index in [1.807, 2.05) is 27.7 Å². The lowest BCUT2D eigenvalue weighted by molar-refractivity contribution is 0.291. The summed E-state index contributed by atoms with van der Waals surface area (Å²) in [6.45, 7) is 8.14. The molecule has 0 aromatic rings. The van der Waals surface area contributed by atoms with Crippen LogP contribution in [0.5, 0.6) is 0 Å². The topological polar surface area (TPSA) is 40.5 Å². The monoisotopic (exact) mass is 182 g/mol. The van der Waals surface area contributed by atoms with Gasteiger partial charge in [0, 0.05) is 12.0 Å². The highest BCUT2D eigenvalue weighted by atomic mass is 16.3. The summed E-state index contributed by atoms with van der Waals surface area (Å²) in [5.41, 5.74) is 1.99. The van der Waals surface area contributed by atoms with Gasteiger partial charge in [0.25, 0.3) is 0 Å². The maximum Gasteiger partial charge on any atom is 0.156 e. The molecule has 0 unspecified atom stereocenters. The van der Waals surface area contributed by atoms with E-state index in [1.165, 1.54) is 5.57 Å². The van der Waals surface area contributed by atoms with Crippen LogP contribution in [0.3, 0.4) is 0 Å². The molecule has 0 fully saturated rings. The molecule has 2 nitrogen and oxygen atoms in total. The lowest BCUT2D eigenvalue weighted by Gasteiger charge is -2.28. The van der Waals surface area contributed by atoms with Crippen molar-refractivity contribution in [3.05, 3.63) is 22.7 Å². The molecule has 13 heavy (non-hydrogen) atoms. The average molecular weight is 182 g/mol. The molecule has 0 aromatic carbocycles. The number of hydrogen-bond donors (Lipinski definition) is 2. The molecule has 74 valence electrons. The van der Waals surface area contributed by atoms with Crippen LogP contribution >= 0.6 is 0 Å². The van der Waals surface area contributed by atoms with E-state index in [1.54, 1.807) is 0 Å². The molecule has 0 atom stereocenters. The Labute approximate surface area is 79.6 Å². The maximum atomic E-state index is 9.72. The van der Waals surface area contributed by atoms with E-state index in [9.17, 15) is 10.2 Å². The third kappa shape index (κ3) is 1.87. The van der Waals surface area contributed by atoms with Crippen molar-refractivity contribution in [3.8, 4) is 0 Å². The fourth-order valence-corrected chi connectivity index (χ4v) is 1.89. The van der Waals surface area contributed by atoms with Crippen LogP contribution in [0.15, 0.2) is 22.7 Å². The van der Waals surface area contributed by atoms with Gasteiger partial charge < -0.3 is 10.2 Å². The third-order valence-electron chi connectivity index (χ3n) is 2.42. The van der Waals surface area contributed by atoms with Crippen molar-refractivity contribution in [1.82, 2.24) is 0 Å². The van der Waals surface area contributed by atoms with Crippen LogP contribution in [0, 0.1) is 5.41 Å². The minimum atomic E-state index is -0.0947. The zero-order valence-electron chi connectivity index (χ0n) is 8.81. The fourth-order valence-electron chi connectivity index (χ4n) is 1.89. The molecule has 0 amide bonds. The first-order chi connectivity index (χ1) is 5.84. The van der Waals surface area contributed by atoms with Crippen LogP contribution in [0.2, 0.25) is 0 Å². The van der Waals surface area contributed by atoms with Gasteiger partial charge in [0.05, 0.1) is 0 Å². The summed E-state index contributed by atoms with van der Waals surface area (Å²) in [6, 6.07) is 0. The van der Waals surface area contributed by atoms with Crippen LogP contribution in [0.1, 0.15) is 40.5 Å². The highest BCUT2D eigenvalue weighted by molar-refractivity contribution is 5.38. The number of aliphatic hydroxyl groups is 2. The van der Waals surface area contributed by atoms with Crippen molar-refractivity contribution in [2.45, 2.75) is 40.5 Å². The predicted molar refractivity (Wildman–Crippen MR) is 53.7 cm³/mol. The minimum Gasteiger partial charge on any atom is -0.508 e. The first-order valence-corrected chi connectivity index (χ1v) is 4.65. The largest absolute Gasteiger partial charge is 0.508 e. The van der Waals surface area contributed by atoms with Crippen LogP contribution in [-0.4, -0.2) is 10.2 Å². The molecular weight excluding hydrogens is 164 g/mol. The normalized spacial score (nSPS) is 19.7. The van der Waals surface area contributed by atoms with Crippen LogP contribution in [-0.2, 0) is 0 Å². The summed E-state index contributed by atoms with van der Waals surface area (Å²) in [6.07, 6.45) is 1.42. The van der Waals surface area contributed by atoms with E-state index < -0.39 is 0 Å². The molecule has 0 radical (unpaired) electrons. The summed E-state index contributed by atoms with van der Waals surface area (Å²) in [5, 5.41) is 19.1. The summed E-state index contributed by atoms with van der Waals surface area (Å²) in [4.78, 5) is 0. The molecule has 0 spiro atoms. The van der Waals surface area contributed by atoms with Gasteiger partial charge in [-0.3, -0.25) is 0 Å². The molecular formula is C11H18O2. The number of rotatable bonds is 0. The summed E-state index contributed by atoms with van der Waals surface area (Å²) in [5.74, 6) is 0.228.